The number of nitrogen functional groups attached to an aromatic ring is 1. The monoisotopic (exact) mass is 295 g/mol. The highest BCUT2D eigenvalue weighted by Gasteiger charge is 2.25. The maximum atomic E-state index is 12.0. The molecule has 0 aromatic carbocycles. The van der Waals surface area contributed by atoms with Crippen LogP contribution in [0.1, 0.15) is 59.1 Å². The summed E-state index contributed by atoms with van der Waals surface area (Å²) in [7, 11) is 1.57. The Balaban J connectivity index is 2.32. The number of carbonyl (C=O) groups is 2. The van der Waals surface area contributed by atoms with Gasteiger partial charge in [-0.15, -0.1) is 11.3 Å². The zero-order valence-corrected chi connectivity index (χ0v) is 12.7. The predicted octanol–water partition coefficient (Wildman–Crippen LogP) is 2.64. The van der Waals surface area contributed by atoms with E-state index in [0.29, 0.717) is 22.2 Å². The number of thiophene rings is 1. The Morgan fingerprint density at radius 2 is 1.90 bits per heavy atom. The van der Waals surface area contributed by atoms with Gasteiger partial charge in [-0.3, -0.25) is 9.59 Å². The number of nitrogens with one attached hydrogen (secondary N) is 2. The SMILES string of the molecule is CNC(=O)c1c(NC2CCCCC2)sc(C(C)=O)c1N. The van der Waals surface area contributed by atoms with E-state index < -0.39 is 0 Å². The highest BCUT2D eigenvalue weighted by atomic mass is 32.1. The summed E-state index contributed by atoms with van der Waals surface area (Å²) in [4.78, 5) is 24.1. The van der Waals surface area contributed by atoms with Crippen molar-refractivity contribution in [2.24, 2.45) is 0 Å². The Kier molecular flexibility index (Phi) is 4.65. The highest BCUT2D eigenvalue weighted by Crippen LogP contribution is 2.37. The lowest BCUT2D eigenvalue weighted by molar-refractivity contribution is 0.0965. The highest BCUT2D eigenvalue weighted by molar-refractivity contribution is 7.19. The van der Waals surface area contributed by atoms with E-state index >= 15 is 0 Å². The minimum absolute atomic E-state index is 0.102. The van der Waals surface area contributed by atoms with E-state index in [1.54, 1.807) is 7.05 Å². The van der Waals surface area contributed by atoms with Crippen LogP contribution in [0.5, 0.6) is 0 Å². The van der Waals surface area contributed by atoms with Crippen LogP contribution in [0.3, 0.4) is 0 Å². The third-order valence-corrected chi connectivity index (χ3v) is 4.90. The number of hydrogen-bond acceptors (Lipinski definition) is 5. The third kappa shape index (κ3) is 2.95. The van der Waals surface area contributed by atoms with Gasteiger partial charge in [0.25, 0.3) is 5.91 Å². The molecule has 6 heteroatoms. The molecule has 1 saturated carbocycles. The summed E-state index contributed by atoms with van der Waals surface area (Å²) < 4.78 is 0. The molecule has 0 bridgehead atoms. The number of carbonyl (C=O) groups excluding carboxylic acids is 2. The van der Waals surface area contributed by atoms with E-state index in [0.717, 1.165) is 17.8 Å². The smallest absolute Gasteiger partial charge is 0.256 e. The van der Waals surface area contributed by atoms with Gasteiger partial charge in [-0.1, -0.05) is 19.3 Å². The van der Waals surface area contributed by atoms with Crippen LogP contribution in [-0.2, 0) is 0 Å². The van der Waals surface area contributed by atoms with Crippen LogP contribution in [0.25, 0.3) is 0 Å². The summed E-state index contributed by atoms with van der Waals surface area (Å²) in [6.07, 6.45) is 5.87. The topological polar surface area (TPSA) is 84.2 Å². The number of amides is 1. The second-order valence-corrected chi connectivity index (χ2v) is 6.18. The molecule has 2 rings (SSSR count). The lowest BCUT2D eigenvalue weighted by Gasteiger charge is -2.23. The van der Waals surface area contributed by atoms with Crippen LogP contribution in [0.15, 0.2) is 0 Å². The summed E-state index contributed by atoms with van der Waals surface area (Å²) in [6, 6.07) is 0.366. The first-order valence-electron chi connectivity index (χ1n) is 6.96. The molecular weight excluding hydrogens is 274 g/mol. The predicted molar refractivity (Wildman–Crippen MR) is 82.6 cm³/mol. The van der Waals surface area contributed by atoms with Gasteiger partial charge in [0.05, 0.1) is 16.1 Å². The normalized spacial score (nSPS) is 15.9. The summed E-state index contributed by atoms with van der Waals surface area (Å²) in [5.74, 6) is -0.348. The first-order chi connectivity index (χ1) is 9.54. The van der Waals surface area contributed by atoms with Crippen molar-refractivity contribution in [3.05, 3.63) is 10.4 Å². The third-order valence-electron chi connectivity index (χ3n) is 3.66. The Labute approximate surface area is 122 Å². The Bertz CT molecular complexity index is 519. The molecule has 0 saturated heterocycles. The van der Waals surface area contributed by atoms with Crippen LogP contribution < -0.4 is 16.4 Å². The molecule has 1 fully saturated rings. The van der Waals surface area contributed by atoms with Crippen molar-refractivity contribution in [3.8, 4) is 0 Å². The number of Topliss-reactive ketones (excluding diaryl/α,β-unsaturated/α-hetero) is 1. The van der Waals surface area contributed by atoms with E-state index in [9.17, 15) is 9.59 Å². The molecule has 1 aromatic heterocycles. The molecule has 110 valence electrons. The lowest BCUT2D eigenvalue weighted by Crippen LogP contribution is -2.25. The molecule has 1 aliphatic carbocycles. The fraction of sp³-hybridized carbons (Fsp3) is 0.571. The molecule has 20 heavy (non-hydrogen) atoms. The zero-order chi connectivity index (χ0) is 14.7. The van der Waals surface area contributed by atoms with Gasteiger partial charge in [0.2, 0.25) is 0 Å². The van der Waals surface area contributed by atoms with Crippen molar-refractivity contribution in [2.45, 2.75) is 45.1 Å². The van der Waals surface area contributed by atoms with Crippen LogP contribution in [0, 0.1) is 0 Å². The van der Waals surface area contributed by atoms with Crippen molar-refractivity contribution < 1.29 is 9.59 Å². The van der Waals surface area contributed by atoms with Crippen molar-refractivity contribution in [3.63, 3.8) is 0 Å². The van der Waals surface area contributed by atoms with Gasteiger partial charge >= 0.3 is 0 Å². The summed E-state index contributed by atoms with van der Waals surface area (Å²) in [5.41, 5.74) is 6.68. The van der Waals surface area contributed by atoms with Gasteiger partial charge in [-0.05, 0) is 12.8 Å². The van der Waals surface area contributed by atoms with Crippen molar-refractivity contribution in [2.75, 3.05) is 18.1 Å². The fourth-order valence-corrected chi connectivity index (χ4v) is 3.68. The van der Waals surface area contributed by atoms with Crippen molar-refractivity contribution >= 4 is 33.7 Å². The first kappa shape index (κ1) is 14.8. The standard InChI is InChI=1S/C14H21N3O2S/c1-8(18)12-11(15)10(13(19)16-2)14(20-12)17-9-6-4-3-5-7-9/h9,17H,3-7,15H2,1-2H3,(H,16,19). The van der Waals surface area contributed by atoms with Crippen molar-refractivity contribution in [1.29, 1.82) is 0 Å². The lowest BCUT2D eigenvalue weighted by atomic mass is 9.95. The van der Waals surface area contributed by atoms with E-state index in [1.165, 1.54) is 37.5 Å². The molecule has 0 radical (unpaired) electrons. The minimum atomic E-state index is -0.246. The van der Waals surface area contributed by atoms with E-state index in [2.05, 4.69) is 10.6 Å². The van der Waals surface area contributed by atoms with Crippen LogP contribution >= 0.6 is 11.3 Å². The maximum absolute atomic E-state index is 12.0. The molecule has 4 N–H and O–H groups in total. The summed E-state index contributed by atoms with van der Waals surface area (Å²) in [6.45, 7) is 1.47. The number of anilines is 2. The van der Waals surface area contributed by atoms with Gasteiger partial charge in [0.1, 0.15) is 5.00 Å². The minimum Gasteiger partial charge on any atom is -0.397 e. The molecule has 0 spiro atoms. The van der Waals surface area contributed by atoms with E-state index in [-0.39, 0.29) is 11.7 Å². The second kappa shape index (κ2) is 6.26. The number of hydrogen-bond donors (Lipinski definition) is 3. The van der Waals surface area contributed by atoms with Gasteiger partial charge in [-0.25, -0.2) is 0 Å². The Morgan fingerprint density at radius 3 is 2.45 bits per heavy atom. The molecule has 0 atom stereocenters. The van der Waals surface area contributed by atoms with Gasteiger partial charge in [-0.2, -0.15) is 0 Å². The average Bonchev–Trinajstić information content (AvgIpc) is 2.76. The fourth-order valence-electron chi connectivity index (χ4n) is 2.59. The second-order valence-electron chi connectivity index (χ2n) is 5.16. The van der Waals surface area contributed by atoms with E-state index in [4.69, 9.17) is 5.73 Å². The van der Waals surface area contributed by atoms with Crippen molar-refractivity contribution in [1.82, 2.24) is 5.32 Å². The molecule has 1 amide bonds. The van der Waals surface area contributed by atoms with Gasteiger partial charge < -0.3 is 16.4 Å². The van der Waals surface area contributed by atoms with Gasteiger partial charge in [0.15, 0.2) is 5.78 Å². The molecular formula is C14H21N3O2S. The number of rotatable bonds is 4. The van der Waals surface area contributed by atoms with E-state index in [1.807, 2.05) is 0 Å². The quantitative estimate of drug-likeness (QED) is 0.746. The summed E-state index contributed by atoms with van der Waals surface area (Å²) >= 11 is 1.29. The van der Waals surface area contributed by atoms with Crippen LogP contribution in [-0.4, -0.2) is 24.8 Å². The molecule has 5 nitrogen and oxygen atoms in total. The average molecular weight is 295 g/mol. The number of nitrogens with two attached hydrogens (primary N) is 1. The molecule has 1 aliphatic rings. The summed E-state index contributed by atoms with van der Waals surface area (Å²) in [5, 5.41) is 6.72. The first-order valence-corrected chi connectivity index (χ1v) is 7.78. The largest absolute Gasteiger partial charge is 0.397 e. The molecule has 1 heterocycles. The van der Waals surface area contributed by atoms with Crippen LogP contribution in [0.2, 0.25) is 0 Å². The zero-order valence-electron chi connectivity index (χ0n) is 11.9. The molecule has 0 unspecified atom stereocenters. The maximum Gasteiger partial charge on any atom is 0.256 e. The molecule has 1 aromatic rings. The number of ketones is 1. The molecule has 0 aliphatic heterocycles. The Hall–Kier alpha value is -1.56. The van der Waals surface area contributed by atoms with Gasteiger partial charge in [0, 0.05) is 20.0 Å². The van der Waals surface area contributed by atoms with Crippen LogP contribution in [0.4, 0.5) is 10.7 Å². The Morgan fingerprint density at radius 1 is 1.25 bits per heavy atom.